The van der Waals surface area contributed by atoms with E-state index in [9.17, 15) is 13.2 Å². The maximum atomic E-state index is 12.2. The van der Waals surface area contributed by atoms with Crippen molar-refractivity contribution in [3.8, 4) is 11.4 Å². The van der Waals surface area contributed by atoms with Crippen LogP contribution in [0.4, 0.5) is 13.2 Å². The van der Waals surface area contributed by atoms with Crippen LogP contribution in [-0.4, -0.2) is 10.1 Å². The van der Waals surface area contributed by atoms with Gasteiger partial charge in [0.25, 0.3) is 0 Å². The molecule has 2 aromatic rings. The van der Waals surface area contributed by atoms with E-state index < -0.39 is 11.7 Å². The molecule has 1 heterocycles. The summed E-state index contributed by atoms with van der Waals surface area (Å²) in [5.74, 6) is 0.212. The zero-order chi connectivity index (χ0) is 10.9. The molecule has 77 valence electrons. The fourth-order valence-corrected chi connectivity index (χ4v) is 1.07. The molecule has 0 saturated heterocycles. The Balaban J connectivity index is 2.33. The number of aromatic nitrogens is 2. The molecule has 2 rings (SSSR count). The standard InChI is InChI=1S/C9H4F3N2O/c10-9(11,12)7-3-1-6(2-4-7)8-13-5-15-14-8/h1-4H. The van der Waals surface area contributed by atoms with Crippen molar-refractivity contribution >= 4 is 0 Å². The molecule has 3 nitrogen and oxygen atoms in total. The lowest BCUT2D eigenvalue weighted by molar-refractivity contribution is -0.137. The number of halogens is 3. The van der Waals surface area contributed by atoms with Crippen molar-refractivity contribution < 1.29 is 17.7 Å². The molecule has 6 heteroatoms. The molecule has 1 aromatic heterocycles. The molecule has 0 aliphatic rings. The third-order valence-electron chi connectivity index (χ3n) is 1.79. The SMILES string of the molecule is FC(F)(F)c1ccc(-c2n[c]on2)cc1. The molecule has 0 aliphatic heterocycles. The predicted molar refractivity (Wildman–Crippen MR) is 43.6 cm³/mol. The van der Waals surface area contributed by atoms with Crippen LogP contribution in [0.25, 0.3) is 11.4 Å². The van der Waals surface area contributed by atoms with Crippen molar-refractivity contribution in [3.05, 3.63) is 36.2 Å². The Morgan fingerprint density at radius 3 is 2.27 bits per heavy atom. The maximum absolute atomic E-state index is 12.2. The Hall–Kier alpha value is -1.85. The Labute approximate surface area is 82.5 Å². The van der Waals surface area contributed by atoms with Crippen molar-refractivity contribution in [2.24, 2.45) is 0 Å². The second kappa shape index (κ2) is 3.38. The van der Waals surface area contributed by atoms with Gasteiger partial charge in [0.2, 0.25) is 5.82 Å². The minimum Gasteiger partial charge on any atom is -0.328 e. The van der Waals surface area contributed by atoms with Gasteiger partial charge in [0.15, 0.2) is 0 Å². The van der Waals surface area contributed by atoms with Crippen LogP contribution in [0.3, 0.4) is 0 Å². The molecule has 0 atom stereocenters. The summed E-state index contributed by atoms with van der Waals surface area (Å²) in [6.07, 6.45) is -2.22. The van der Waals surface area contributed by atoms with Crippen LogP contribution >= 0.6 is 0 Å². The quantitative estimate of drug-likeness (QED) is 0.730. The van der Waals surface area contributed by atoms with Crippen LogP contribution in [-0.2, 0) is 6.18 Å². The summed E-state index contributed by atoms with van der Waals surface area (Å²) in [6.45, 7) is 0. The van der Waals surface area contributed by atoms with E-state index >= 15 is 0 Å². The summed E-state index contributed by atoms with van der Waals surface area (Å²) in [5.41, 5.74) is -0.258. The van der Waals surface area contributed by atoms with Gasteiger partial charge in [0.05, 0.1) is 5.56 Å². The molecule has 0 saturated carbocycles. The Morgan fingerprint density at radius 2 is 1.80 bits per heavy atom. The van der Waals surface area contributed by atoms with Crippen molar-refractivity contribution in [2.75, 3.05) is 0 Å². The van der Waals surface area contributed by atoms with Gasteiger partial charge in [0.1, 0.15) is 0 Å². The number of alkyl halides is 3. The van der Waals surface area contributed by atoms with Gasteiger partial charge in [-0.15, -0.1) is 0 Å². The van der Waals surface area contributed by atoms with Gasteiger partial charge in [-0.1, -0.05) is 17.3 Å². The van der Waals surface area contributed by atoms with Gasteiger partial charge in [0, 0.05) is 5.56 Å². The summed E-state index contributed by atoms with van der Waals surface area (Å²) in [4.78, 5) is 3.59. The minimum atomic E-state index is -4.33. The Kier molecular flexibility index (Phi) is 2.18. The van der Waals surface area contributed by atoms with Crippen LogP contribution in [0, 0.1) is 6.39 Å². The molecular weight excluding hydrogens is 209 g/mol. The first kappa shape index (κ1) is 9.70. The molecule has 0 aliphatic carbocycles. The molecule has 1 aromatic carbocycles. The first-order valence-corrected chi connectivity index (χ1v) is 3.95. The molecule has 0 fully saturated rings. The van der Waals surface area contributed by atoms with Crippen molar-refractivity contribution in [3.63, 3.8) is 0 Å². The Bertz CT molecular complexity index is 433. The molecule has 0 bridgehead atoms. The first-order valence-electron chi connectivity index (χ1n) is 3.95. The molecule has 0 amide bonds. The highest BCUT2D eigenvalue weighted by molar-refractivity contribution is 5.54. The largest absolute Gasteiger partial charge is 0.416 e. The van der Waals surface area contributed by atoms with E-state index in [1.54, 1.807) is 0 Å². The summed E-state index contributed by atoms with van der Waals surface area (Å²) < 4.78 is 41.0. The Morgan fingerprint density at radius 1 is 1.13 bits per heavy atom. The van der Waals surface area contributed by atoms with Gasteiger partial charge in [-0.05, 0) is 12.1 Å². The van der Waals surface area contributed by atoms with Gasteiger partial charge in [-0.25, -0.2) is 0 Å². The third-order valence-corrected chi connectivity index (χ3v) is 1.79. The fraction of sp³-hybridized carbons (Fsp3) is 0.111. The monoisotopic (exact) mass is 213 g/mol. The summed E-state index contributed by atoms with van der Waals surface area (Å²) in [7, 11) is 0. The normalized spacial score (nSPS) is 11.7. The van der Waals surface area contributed by atoms with E-state index in [0.717, 1.165) is 12.1 Å². The van der Waals surface area contributed by atoms with E-state index in [-0.39, 0.29) is 5.82 Å². The van der Waals surface area contributed by atoms with E-state index in [2.05, 4.69) is 21.1 Å². The molecular formula is C9H4F3N2O. The first-order chi connectivity index (χ1) is 7.07. The van der Waals surface area contributed by atoms with Crippen molar-refractivity contribution in [2.45, 2.75) is 6.18 Å². The number of nitrogens with zero attached hydrogens (tertiary/aromatic N) is 2. The van der Waals surface area contributed by atoms with Crippen LogP contribution in [0.5, 0.6) is 0 Å². The highest BCUT2D eigenvalue weighted by atomic mass is 19.4. The minimum absolute atomic E-state index is 0.212. The lowest BCUT2D eigenvalue weighted by Gasteiger charge is -2.05. The van der Waals surface area contributed by atoms with Gasteiger partial charge < -0.3 is 4.52 Å². The van der Waals surface area contributed by atoms with E-state index in [1.165, 1.54) is 12.1 Å². The smallest absolute Gasteiger partial charge is 0.328 e. The van der Waals surface area contributed by atoms with Crippen LogP contribution in [0.1, 0.15) is 5.56 Å². The molecule has 0 spiro atoms. The van der Waals surface area contributed by atoms with Gasteiger partial charge in [-0.2, -0.15) is 18.2 Å². The molecule has 15 heavy (non-hydrogen) atoms. The lowest BCUT2D eigenvalue weighted by Crippen LogP contribution is -2.04. The predicted octanol–water partition coefficient (Wildman–Crippen LogP) is 2.56. The van der Waals surface area contributed by atoms with Gasteiger partial charge in [-0.3, -0.25) is 0 Å². The summed E-state index contributed by atoms with van der Waals surface area (Å²) in [5, 5.41) is 3.46. The summed E-state index contributed by atoms with van der Waals surface area (Å²) >= 11 is 0. The molecule has 0 unspecified atom stereocenters. The molecule has 1 radical (unpaired) electrons. The van der Waals surface area contributed by atoms with E-state index in [1.807, 2.05) is 0 Å². The average molecular weight is 213 g/mol. The fourth-order valence-electron chi connectivity index (χ4n) is 1.07. The topological polar surface area (TPSA) is 38.9 Å². The maximum Gasteiger partial charge on any atom is 0.416 e. The van der Waals surface area contributed by atoms with Crippen LogP contribution < -0.4 is 0 Å². The van der Waals surface area contributed by atoms with Crippen LogP contribution in [0.15, 0.2) is 28.8 Å². The number of rotatable bonds is 1. The highest BCUT2D eigenvalue weighted by Gasteiger charge is 2.30. The van der Waals surface area contributed by atoms with Crippen LogP contribution in [0.2, 0.25) is 0 Å². The summed E-state index contributed by atoms with van der Waals surface area (Å²) in [6, 6.07) is 4.49. The third kappa shape index (κ3) is 1.98. The van der Waals surface area contributed by atoms with Gasteiger partial charge >= 0.3 is 12.6 Å². The number of hydrogen-bond donors (Lipinski definition) is 0. The van der Waals surface area contributed by atoms with Crippen molar-refractivity contribution in [1.82, 2.24) is 10.1 Å². The van der Waals surface area contributed by atoms with E-state index in [0.29, 0.717) is 5.56 Å². The zero-order valence-electron chi connectivity index (χ0n) is 7.25. The molecule has 0 N–H and O–H groups in total. The van der Waals surface area contributed by atoms with E-state index in [4.69, 9.17) is 0 Å². The average Bonchev–Trinajstić information content (AvgIpc) is 2.69. The highest BCUT2D eigenvalue weighted by Crippen LogP contribution is 2.30. The second-order valence-corrected chi connectivity index (χ2v) is 2.78. The second-order valence-electron chi connectivity index (χ2n) is 2.78. The zero-order valence-corrected chi connectivity index (χ0v) is 7.25. The number of benzene rings is 1. The lowest BCUT2D eigenvalue weighted by atomic mass is 10.1. The van der Waals surface area contributed by atoms with Crippen molar-refractivity contribution in [1.29, 1.82) is 0 Å². The number of hydrogen-bond acceptors (Lipinski definition) is 3.